The van der Waals surface area contributed by atoms with Gasteiger partial charge in [-0.1, -0.05) is 76.9 Å². The number of nitrogens with zero attached hydrogens (tertiary/aromatic N) is 2. The van der Waals surface area contributed by atoms with E-state index in [9.17, 15) is 14.9 Å². The minimum Gasteiger partial charge on any atom is -0.320 e. The van der Waals surface area contributed by atoms with Gasteiger partial charge < -0.3 is 5.32 Å². The summed E-state index contributed by atoms with van der Waals surface area (Å²) in [5, 5.41) is 13.4. The fraction of sp³-hybridized carbons (Fsp3) is 0.148. The molecule has 0 bridgehead atoms. The number of hydrogen-bond donors (Lipinski definition) is 1. The van der Waals surface area contributed by atoms with Crippen molar-refractivity contribution in [2.24, 2.45) is 0 Å². The highest BCUT2D eigenvalue weighted by Gasteiger charge is 2.40. The van der Waals surface area contributed by atoms with Gasteiger partial charge in [-0.3, -0.25) is 14.5 Å². The molecule has 5 nitrogen and oxygen atoms in total. The molecule has 0 saturated carbocycles. The van der Waals surface area contributed by atoms with Crippen LogP contribution in [0.2, 0.25) is 10.0 Å². The van der Waals surface area contributed by atoms with Crippen LogP contribution in [-0.4, -0.2) is 17.1 Å². The molecule has 1 saturated heterocycles. The summed E-state index contributed by atoms with van der Waals surface area (Å²) in [5.41, 5.74) is 3.69. The molecule has 0 aliphatic carbocycles. The van der Waals surface area contributed by atoms with Crippen molar-refractivity contribution in [3.8, 4) is 6.07 Å². The van der Waals surface area contributed by atoms with Crippen molar-refractivity contribution in [3.05, 3.63) is 104 Å². The fourth-order valence-electron chi connectivity index (χ4n) is 3.64. The molecule has 0 aromatic heterocycles. The highest BCUT2D eigenvalue weighted by molar-refractivity contribution is 8.05. The summed E-state index contributed by atoms with van der Waals surface area (Å²) < 4.78 is 0. The van der Waals surface area contributed by atoms with Gasteiger partial charge in [0.25, 0.3) is 5.91 Å². The molecular formula is C27H21Cl2N3O2S. The number of para-hydroxylation sites is 1. The quantitative estimate of drug-likeness (QED) is 0.300. The minimum absolute atomic E-state index is 0.159. The van der Waals surface area contributed by atoms with Crippen molar-refractivity contribution in [1.82, 2.24) is 0 Å². The Hall–Kier alpha value is -3.24. The van der Waals surface area contributed by atoms with Gasteiger partial charge in [-0.05, 0) is 61.7 Å². The summed E-state index contributed by atoms with van der Waals surface area (Å²) in [4.78, 5) is 28.2. The molecule has 0 spiro atoms. The Morgan fingerprint density at radius 1 is 1.06 bits per heavy atom. The Kier molecular flexibility index (Phi) is 7.51. The van der Waals surface area contributed by atoms with Crippen LogP contribution in [-0.2, 0) is 16.0 Å². The Bertz CT molecular complexity index is 1380. The number of aryl methyl sites for hydroxylation is 2. The number of benzene rings is 3. The second-order valence-corrected chi connectivity index (χ2v) is 10.1. The second-order valence-electron chi connectivity index (χ2n) is 8.13. The maximum atomic E-state index is 13.6. The molecule has 2 amide bonds. The van der Waals surface area contributed by atoms with Gasteiger partial charge >= 0.3 is 0 Å². The Labute approximate surface area is 218 Å². The van der Waals surface area contributed by atoms with E-state index in [0.29, 0.717) is 27.8 Å². The van der Waals surface area contributed by atoms with Crippen LogP contribution in [0.25, 0.3) is 0 Å². The van der Waals surface area contributed by atoms with Crippen LogP contribution in [0.15, 0.2) is 77.3 Å². The van der Waals surface area contributed by atoms with E-state index < -0.39 is 11.2 Å². The van der Waals surface area contributed by atoms with E-state index in [0.717, 1.165) is 16.7 Å². The number of nitriles is 1. The van der Waals surface area contributed by atoms with E-state index in [1.54, 1.807) is 36.4 Å². The lowest BCUT2D eigenvalue weighted by molar-refractivity contribution is -0.117. The number of rotatable bonds is 5. The lowest BCUT2D eigenvalue weighted by atomic mass is 10.1. The summed E-state index contributed by atoms with van der Waals surface area (Å²) in [6.45, 7) is 3.86. The molecule has 3 aromatic rings. The highest BCUT2D eigenvalue weighted by atomic mass is 35.5. The monoisotopic (exact) mass is 521 g/mol. The molecule has 8 heteroatoms. The van der Waals surface area contributed by atoms with Gasteiger partial charge in [0.15, 0.2) is 0 Å². The Balaban J connectivity index is 1.74. The maximum Gasteiger partial charge on any atom is 0.269 e. The average Bonchev–Trinajstić information content (AvgIpc) is 3.14. The molecule has 1 aliphatic heterocycles. The second kappa shape index (κ2) is 10.6. The number of thioether (sulfide) groups is 1. The van der Waals surface area contributed by atoms with Crippen LogP contribution in [0.4, 0.5) is 11.4 Å². The van der Waals surface area contributed by atoms with Crippen LogP contribution >= 0.6 is 35.0 Å². The molecule has 176 valence electrons. The van der Waals surface area contributed by atoms with Crippen LogP contribution in [0.5, 0.6) is 0 Å². The van der Waals surface area contributed by atoms with Gasteiger partial charge in [0, 0.05) is 10.7 Å². The van der Waals surface area contributed by atoms with Gasteiger partial charge in [-0.25, -0.2) is 0 Å². The smallest absolute Gasteiger partial charge is 0.269 e. The SMILES string of the molecule is Cc1ccc(N2C(=O)[C@@H](Cc3ccc(C)c(Cl)c3)S/C2=C(/C#N)C(=O)Nc2ccccc2Cl)cc1. The largest absolute Gasteiger partial charge is 0.320 e. The molecular weight excluding hydrogens is 501 g/mol. The predicted molar refractivity (Wildman–Crippen MR) is 143 cm³/mol. The summed E-state index contributed by atoms with van der Waals surface area (Å²) >= 11 is 13.7. The van der Waals surface area contributed by atoms with Crippen LogP contribution in [0.3, 0.4) is 0 Å². The summed E-state index contributed by atoms with van der Waals surface area (Å²) in [6, 6.07) is 21.8. The van der Waals surface area contributed by atoms with Crippen LogP contribution in [0.1, 0.15) is 16.7 Å². The molecule has 0 radical (unpaired) electrons. The molecule has 3 aromatic carbocycles. The zero-order valence-corrected chi connectivity index (χ0v) is 21.3. The van der Waals surface area contributed by atoms with E-state index in [2.05, 4.69) is 5.32 Å². The molecule has 0 unspecified atom stereocenters. The third-order valence-corrected chi connectivity index (χ3v) is 7.58. The first-order valence-corrected chi connectivity index (χ1v) is 12.4. The molecule has 1 fully saturated rings. The van der Waals surface area contributed by atoms with Gasteiger partial charge in [-0.15, -0.1) is 0 Å². The number of halogens is 2. The first kappa shape index (κ1) is 24.9. The van der Waals surface area contributed by atoms with Gasteiger partial charge in [0.1, 0.15) is 16.7 Å². The number of carbonyl (C=O) groups is 2. The third kappa shape index (κ3) is 5.38. The number of amides is 2. The van der Waals surface area contributed by atoms with Crippen molar-refractivity contribution < 1.29 is 9.59 Å². The average molecular weight is 522 g/mol. The molecule has 1 N–H and O–H groups in total. The lowest BCUT2D eigenvalue weighted by Gasteiger charge is -2.19. The third-order valence-electron chi connectivity index (χ3n) is 5.58. The number of hydrogen-bond acceptors (Lipinski definition) is 4. The van der Waals surface area contributed by atoms with E-state index in [-0.39, 0.29) is 16.5 Å². The zero-order valence-electron chi connectivity index (χ0n) is 19.0. The predicted octanol–water partition coefficient (Wildman–Crippen LogP) is 6.68. The standard InChI is InChI=1S/C27H21Cl2N3O2S/c1-16-7-11-19(12-8-16)32-26(34)24(14-18-10-9-17(2)22(29)13-18)35-27(32)20(15-30)25(33)31-23-6-4-3-5-21(23)28/h3-13,24H,14H2,1-2H3,(H,31,33)/b27-20-/t24-/m1/s1. The first-order chi connectivity index (χ1) is 16.8. The van der Waals surface area contributed by atoms with Crippen molar-refractivity contribution >= 4 is 58.2 Å². The summed E-state index contributed by atoms with van der Waals surface area (Å²) in [5.74, 6) is -0.837. The lowest BCUT2D eigenvalue weighted by Crippen LogP contribution is -2.31. The number of anilines is 2. The fourth-order valence-corrected chi connectivity index (χ4v) is 5.34. The van der Waals surface area contributed by atoms with Gasteiger partial charge in [0.2, 0.25) is 5.91 Å². The molecule has 4 rings (SSSR count). The molecule has 1 heterocycles. The summed E-state index contributed by atoms with van der Waals surface area (Å²) in [7, 11) is 0. The number of nitrogens with one attached hydrogen (secondary N) is 1. The van der Waals surface area contributed by atoms with Crippen molar-refractivity contribution in [2.75, 3.05) is 10.2 Å². The summed E-state index contributed by atoms with van der Waals surface area (Å²) in [6.07, 6.45) is 0.403. The maximum absolute atomic E-state index is 13.6. The Morgan fingerprint density at radius 2 is 1.77 bits per heavy atom. The Morgan fingerprint density at radius 3 is 2.43 bits per heavy atom. The van der Waals surface area contributed by atoms with Gasteiger partial charge in [-0.2, -0.15) is 5.26 Å². The van der Waals surface area contributed by atoms with Gasteiger partial charge in [0.05, 0.1) is 16.0 Å². The van der Waals surface area contributed by atoms with E-state index in [4.69, 9.17) is 23.2 Å². The normalized spacial score (nSPS) is 16.7. The highest BCUT2D eigenvalue weighted by Crippen LogP contribution is 2.42. The molecule has 1 atom stereocenters. The van der Waals surface area contributed by atoms with Crippen molar-refractivity contribution in [3.63, 3.8) is 0 Å². The van der Waals surface area contributed by atoms with Crippen LogP contribution in [0, 0.1) is 25.2 Å². The zero-order chi connectivity index (χ0) is 25.1. The first-order valence-electron chi connectivity index (χ1n) is 10.8. The van der Waals surface area contributed by atoms with E-state index >= 15 is 0 Å². The van der Waals surface area contributed by atoms with Crippen molar-refractivity contribution in [2.45, 2.75) is 25.5 Å². The van der Waals surface area contributed by atoms with E-state index in [1.165, 1.54) is 16.7 Å². The van der Waals surface area contributed by atoms with E-state index in [1.807, 2.05) is 50.2 Å². The number of carbonyl (C=O) groups excluding carboxylic acids is 2. The molecule has 1 aliphatic rings. The molecule has 35 heavy (non-hydrogen) atoms. The van der Waals surface area contributed by atoms with Crippen LogP contribution < -0.4 is 10.2 Å². The minimum atomic E-state index is -0.632. The van der Waals surface area contributed by atoms with Crippen molar-refractivity contribution in [1.29, 1.82) is 5.26 Å². The topological polar surface area (TPSA) is 73.2 Å².